The van der Waals surface area contributed by atoms with Gasteiger partial charge in [0.05, 0.1) is 5.69 Å². The van der Waals surface area contributed by atoms with Crippen molar-refractivity contribution in [3.8, 4) is 0 Å². The third kappa shape index (κ3) is 1.96. The van der Waals surface area contributed by atoms with Gasteiger partial charge in [0, 0.05) is 12.7 Å². The standard InChI is InChI=1S/C8H11N3O/c9-3-1-2-6-4-7(10)8(12)11-5-6/h1-2,4-5H,3,9-10H2,(H,11,12). The number of anilines is 1. The van der Waals surface area contributed by atoms with Gasteiger partial charge in [-0.25, -0.2) is 0 Å². The molecule has 0 atom stereocenters. The van der Waals surface area contributed by atoms with E-state index in [1.165, 1.54) is 0 Å². The van der Waals surface area contributed by atoms with Crippen molar-refractivity contribution in [2.24, 2.45) is 5.73 Å². The highest BCUT2D eigenvalue weighted by Gasteiger charge is 1.92. The number of nitrogens with two attached hydrogens (primary N) is 2. The summed E-state index contributed by atoms with van der Waals surface area (Å²) in [6.07, 6.45) is 5.17. The molecule has 64 valence electrons. The average molecular weight is 165 g/mol. The smallest absolute Gasteiger partial charge is 0.271 e. The van der Waals surface area contributed by atoms with Gasteiger partial charge >= 0.3 is 0 Å². The first-order valence-corrected chi connectivity index (χ1v) is 3.59. The second-order valence-electron chi connectivity index (χ2n) is 2.36. The fraction of sp³-hybridized carbons (Fsp3) is 0.125. The van der Waals surface area contributed by atoms with Crippen LogP contribution in [0.1, 0.15) is 5.56 Å². The third-order valence-electron chi connectivity index (χ3n) is 1.40. The second kappa shape index (κ2) is 3.73. The van der Waals surface area contributed by atoms with E-state index in [0.29, 0.717) is 6.54 Å². The largest absolute Gasteiger partial charge is 0.394 e. The Labute approximate surface area is 69.9 Å². The Balaban J connectivity index is 2.97. The van der Waals surface area contributed by atoms with E-state index in [4.69, 9.17) is 11.5 Å². The predicted octanol–water partition coefficient (Wildman–Crippen LogP) is -0.0710. The fourth-order valence-electron chi connectivity index (χ4n) is 0.819. The summed E-state index contributed by atoms with van der Waals surface area (Å²) < 4.78 is 0. The van der Waals surface area contributed by atoms with Gasteiger partial charge in [0.2, 0.25) is 0 Å². The number of nitrogens with one attached hydrogen (secondary N) is 1. The van der Waals surface area contributed by atoms with Gasteiger partial charge in [-0.2, -0.15) is 0 Å². The van der Waals surface area contributed by atoms with E-state index < -0.39 is 0 Å². The number of pyridine rings is 1. The van der Waals surface area contributed by atoms with Crippen molar-refractivity contribution in [1.82, 2.24) is 4.98 Å². The molecule has 1 heterocycles. The van der Waals surface area contributed by atoms with Crippen LogP contribution in [0.2, 0.25) is 0 Å². The van der Waals surface area contributed by atoms with Gasteiger partial charge in [0.25, 0.3) is 5.56 Å². The molecule has 0 fully saturated rings. The second-order valence-corrected chi connectivity index (χ2v) is 2.36. The summed E-state index contributed by atoms with van der Waals surface area (Å²) in [5.74, 6) is 0. The first-order valence-electron chi connectivity index (χ1n) is 3.59. The molecule has 0 amide bonds. The maximum atomic E-state index is 10.8. The van der Waals surface area contributed by atoms with E-state index in [2.05, 4.69) is 4.98 Å². The first-order chi connectivity index (χ1) is 5.74. The molecule has 5 N–H and O–H groups in total. The molecule has 1 aromatic heterocycles. The summed E-state index contributed by atoms with van der Waals surface area (Å²) in [4.78, 5) is 13.3. The van der Waals surface area contributed by atoms with Gasteiger partial charge < -0.3 is 16.5 Å². The summed E-state index contributed by atoms with van der Waals surface area (Å²) in [6, 6.07) is 1.60. The topological polar surface area (TPSA) is 84.9 Å². The highest BCUT2D eigenvalue weighted by molar-refractivity contribution is 5.53. The van der Waals surface area contributed by atoms with Crippen LogP contribution in [0.3, 0.4) is 0 Å². The van der Waals surface area contributed by atoms with Gasteiger partial charge in [0.1, 0.15) is 0 Å². The molecule has 0 saturated heterocycles. The minimum absolute atomic E-state index is 0.217. The monoisotopic (exact) mass is 165 g/mol. The molecule has 4 heteroatoms. The van der Waals surface area contributed by atoms with Crippen molar-refractivity contribution < 1.29 is 0 Å². The molecule has 4 nitrogen and oxygen atoms in total. The van der Waals surface area contributed by atoms with Crippen molar-refractivity contribution in [2.45, 2.75) is 0 Å². The van der Waals surface area contributed by atoms with E-state index in [0.717, 1.165) is 5.56 Å². The maximum absolute atomic E-state index is 10.8. The van der Waals surface area contributed by atoms with Crippen LogP contribution in [-0.2, 0) is 0 Å². The highest BCUT2D eigenvalue weighted by atomic mass is 16.1. The normalized spacial score (nSPS) is 10.8. The summed E-state index contributed by atoms with van der Waals surface area (Å²) in [7, 11) is 0. The van der Waals surface area contributed by atoms with Crippen LogP contribution in [0.4, 0.5) is 5.69 Å². The van der Waals surface area contributed by atoms with E-state index in [1.54, 1.807) is 24.4 Å². The molecule has 0 saturated carbocycles. The Kier molecular flexibility index (Phi) is 2.66. The van der Waals surface area contributed by atoms with Crippen LogP contribution >= 0.6 is 0 Å². The summed E-state index contributed by atoms with van der Waals surface area (Å²) >= 11 is 0. The van der Waals surface area contributed by atoms with Crippen molar-refractivity contribution in [3.05, 3.63) is 34.3 Å². The molecular weight excluding hydrogens is 154 g/mol. The maximum Gasteiger partial charge on any atom is 0.271 e. The van der Waals surface area contributed by atoms with E-state index >= 15 is 0 Å². The lowest BCUT2D eigenvalue weighted by atomic mass is 10.2. The number of H-pyrrole nitrogens is 1. The summed E-state index contributed by atoms with van der Waals surface area (Å²) in [5.41, 5.74) is 11.4. The van der Waals surface area contributed by atoms with E-state index in [-0.39, 0.29) is 11.2 Å². The van der Waals surface area contributed by atoms with Crippen molar-refractivity contribution in [2.75, 3.05) is 12.3 Å². The van der Waals surface area contributed by atoms with Crippen LogP contribution in [0.25, 0.3) is 6.08 Å². The van der Waals surface area contributed by atoms with Gasteiger partial charge in [-0.15, -0.1) is 0 Å². The summed E-state index contributed by atoms with van der Waals surface area (Å²) in [5, 5.41) is 0. The number of aromatic nitrogens is 1. The molecule has 0 unspecified atom stereocenters. The van der Waals surface area contributed by atoms with Gasteiger partial charge in [-0.3, -0.25) is 4.79 Å². The lowest BCUT2D eigenvalue weighted by molar-refractivity contribution is 1.23. The number of nitrogen functional groups attached to an aromatic ring is 1. The number of hydrogen-bond donors (Lipinski definition) is 3. The molecule has 1 aromatic rings. The van der Waals surface area contributed by atoms with Crippen molar-refractivity contribution in [1.29, 1.82) is 0 Å². The van der Waals surface area contributed by atoms with E-state index in [9.17, 15) is 4.79 Å². The molecule has 0 bridgehead atoms. The Morgan fingerprint density at radius 1 is 1.58 bits per heavy atom. The van der Waals surface area contributed by atoms with Crippen LogP contribution in [0.15, 0.2) is 23.1 Å². The fourth-order valence-corrected chi connectivity index (χ4v) is 0.819. The third-order valence-corrected chi connectivity index (χ3v) is 1.40. The zero-order valence-electron chi connectivity index (χ0n) is 6.58. The Hall–Kier alpha value is -1.55. The lowest BCUT2D eigenvalue weighted by Gasteiger charge is -1.94. The van der Waals surface area contributed by atoms with Crippen LogP contribution < -0.4 is 17.0 Å². The molecule has 0 aliphatic heterocycles. The van der Waals surface area contributed by atoms with Gasteiger partial charge in [-0.05, 0) is 11.6 Å². The molecule has 1 rings (SSSR count). The number of hydrogen-bond acceptors (Lipinski definition) is 3. The van der Waals surface area contributed by atoms with E-state index in [1.807, 2.05) is 0 Å². The molecule has 0 aromatic carbocycles. The first kappa shape index (κ1) is 8.55. The molecular formula is C8H11N3O. The lowest BCUT2D eigenvalue weighted by Crippen LogP contribution is -2.10. The Morgan fingerprint density at radius 3 is 2.92 bits per heavy atom. The zero-order valence-corrected chi connectivity index (χ0v) is 6.58. The highest BCUT2D eigenvalue weighted by Crippen LogP contribution is 2.00. The van der Waals surface area contributed by atoms with Crippen molar-refractivity contribution >= 4 is 11.8 Å². The molecule has 0 radical (unpaired) electrons. The average Bonchev–Trinajstić information content (AvgIpc) is 2.07. The predicted molar refractivity (Wildman–Crippen MR) is 49.6 cm³/mol. The number of aromatic amines is 1. The Morgan fingerprint density at radius 2 is 2.33 bits per heavy atom. The van der Waals surface area contributed by atoms with Crippen LogP contribution in [0.5, 0.6) is 0 Å². The quantitative estimate of drug-likeness (QED) is 0.573. The minimum Gasteiger partial charge on any atom is -0.394 e. The van der Waals surface area contributed by atoms with Gasteiger partial charge in [0.15, 0.2) is 0 Å². The summed E-state index contributed by atoms with van der Waals surface area (Å²) in [6.45, 7) is 0.471. The minimum atomic E-state index is -0.264. The SMILES string of the molecule is NCC=Cc1c[nH]c(=O)c(N)c1. The molecule has 0 aliphatic carbocycles. The van der Waals surface area contributed by atoms with Gasteiger partial charge in [-0.1, -0.05) is 12.2 Å². The zero-order chi connectivity index (χ0) is 8.97. The van der Waals surface area contributed by atoms with Crippen LogP contribution in [0, 0.1) is 0 Å². The number of rotatable bonds is 2. The van der Waals surface area contributed by atoms with Crippen molar-refractivity contribution in [3.63, 3.8) is 0 Å². The molecule has 0 spiro atoms. The molecule has 0 aliphatic rings. The Bertz CT molecular complexity index is 340. The molecule has 12 heavy (non-hydrogen) atoms. The van der Waals surface area contributed by atoms with Crippen LogP contribution in [-0.4, -0.2) is 11.5 Å².